The van der Waals surface area contributed by atoms with Crippen LogP contribution in [0.4, 0.5) is 5.82 Å². The fraction of sp³-hybridized carbons (Fsp3) is 0.588. The van der Waals surface area contributed by atoms with Crippen molar-refractivity contribution in [1.82, 2.24) is 15.5 Å². The molecule has 1 aromatic heterocycles. The van der Waals surface area contributed by atoms with Crippen LogP contribution >= 0.6 is 0 Å². The molecule has 130 valence electrons. The van der Waals surface area contributed by atoms with Crippen LogP contribution in [0.5, 0.6) is 0 Å². The highest BCUT2D eigenvalue weighted by Crippen LogP contribution is 2.12. The third-order valence-corrected chi connectivity index (χ3v) is 4.26. The van der Waals surface area contributed by atoms with E-state index in [1.807, 2.05) is 0 Å². The minimum atomic E-state index is -0.173. The fourth-order valence-electron chi connectivity index (χ4n) is 2.79. The summed E-state index contributed by atoms with van der Waals surface area (Å²) in [5.41, 5.74) is 1.76. The number of hydrogen-bond acceptors (Lipinski definition) is 6. The van der Waals surface area contributed by atoms with E-state index in [-0.39, 0.29) is 11.9 Å². The number of carbonyl (C=O) groups excluding carboxylic acids is 1. The van der Waals surface area contributed by atoms with Crippen molar-refractivity contribution < 1.29 is 14.3 Å². The molecule has 0 bridgehead atoms. The van der Waals surface area contributed by atoms with Gasteiger partial charge in [-0.3, -0.25) is 4.79 Å². The van der Waals surface area contributed by atoms with Crippen LogP contribution in [0.15, 0.2) is 23.8 Å². The number of aromatic nitrogens is 2. The van der Waals surface area contributed by atoms with E-state index in [2.05, 4.69) is 26.9 Å². The van der Waals surface area contributed by atoms with Gasteiger partial charge in [0.1, 0.15) is 5.82 Å². The van der Waals surface area contributed by atoms with E-state index in [0.717, 1.165) is 38.8 Å². The van der Waals surface area contributed by atoms with E-state index in [1.165, 1.54) is 5.57 Å². The molecular formula is C17H24N4O3. The molecule has 24 heavy (non-hydrogen) atoms. The number of anilines is 1. The third-order valence-electron chi connectivity index (χ3n) is 4.26. The highest BCUT2D eigenvalue weighted by atomic mass is 16.5. The Labute approximate surface area is 141 Å². The molecule has 0 saturated carbocycles. The van der Waals surface area contributed by atoms with Crippen molar-refractivity contribution in [2.75, 3.05) is 38.3 Å². The minimum Gasteiger partial charge on any atom is -0.381 e. The van der Waals surface area contributed by atoms with Gasteiger partial charge in [-0.25, -0.2) is 0 Å². The summed E-state index contributed by atoms with van der Waals surface area (Å²) in [4.78, 5) is 12.2. The second kappa shape index (κ2) is 8.75. The Balaban J connectivity index is 1.44. The molecule has 2 aliphatic rings. The molecule has 3 heterocycles. The smallest absolute Gasteiger partial charge is 0.272 e. The van der Waals surface area contributed by atoms with Crippen molar-refractivity contribution in [2.45, 2.75) is 31.7 Å². The number of amides is 1. The van der Waals surface area contributed by atoms with Crippen LogP contribution in [-0.2, 0) is 9.47 Å². The zero-order chi connectivity index (χ0) is 16.6. The molecule has 1 aromatic rings. The molecule has 1 amide bonds. The van der Waals surface area contributed by atoms with E-state index < -0.39 is 0 Å². The van der Waals surface area contributed by atoms with Gasteiger partial charge in [-0.15, -0.1) is 10.2 Å². The van der Waals surface area contributed by atoms with Gasteiger partial charge in [0.2, 0.25) is 0 Å². The van der Waals surface area contributed by atoms with Gasteiger partial charge in [0.05, 0.1) is 13.2 Å². The minimum absolute atomic E-state index is 0.165. The van der Waals surface area contributed by atoms with Crippen molar-refractivity contribution in [3.05, 3.63) is 29.5 Å². The van der Waals surface area contributed by atoms with E-state index in [4.69, 9.17) is 9.47 Å². The molecule has 0 unspecified atom stereocenters. The Morgan fingerprint density at radius 3 is 2.75 bits per heavy atom. The summed E-state index contributed by atoms with van der Waals surface area (Å²) in [7, 11) is 0. The summed E-state index contributed by atoms with van der Waals surface area (Å²) in [6.07, 6.45) is 5.80. The van der Waals surface area contributed by atoms with Gasteiger partial charge >= 0.3 is 0 Å². The maximum atomic E-state index is 12.2. The average Bonchev–Trinajstić information content (AvgIpc) is 2.64. The number of nitrogens with one attached hydrogen (secondary N) is 2. The van der Waals surface area contributed by atoms with E-state index in [0.29, 0.717) is 31.3 Å². The molecule has 1 saturated heterocycles. The van der Waals surface area contributed by atoms with E-state index in [9.17, 15) is 4.79 Å². The van der Waals surface area contributed by atoms with Gasteiger partial charge in [0, 0.05) is 25.8 Å². The predicted octanol–water partition coefficient (Wildman–Crippen LogP) is 1.53. The number of carbonyl (C=O) groups is 1. The molecule has 7 nitrogen and oxygen atoms in total. The molecule has 0 spiro atoms. The molecule has 2 N–H and O–H groups in total. The molecule has 7 heteroatoms. The van der Waals surface area contributed by atoms with E-state index >= 15 is 0 Å². The molecule has 0 atom stereocenters. The van der Waals surface area contributed by atoms with Gasteiger partial charge in [-0.05, 0) is 37.8 Å². The maximum Gasteiger partial charge on any atom is 0.272 e. The summed E-state index contributed by atoms with van der Waals surface area (Å²) in [5, 5.41) is 14.3. The SMILES string of the molecule is O=C(NC1CCOCC1)c1ccc(NCCC2=CCOCC2)nn1. The number of hydrogen-bond donors (Lipinski definition) is 2. The van der Waals surface area contributed by atoms with Crippen LogP contribution in [0.25, 0.3) is 0 Å². The standard InChI is InChI=1S/C17H24N4O3/c22-17(19-14-6-11-24-12-7-14)15-1-2-16(21-20-15)18-8-3-13-4-9-23-10-5-13/h1-2,4,14H,3,5-12H2,(H,18,21)(H,19,22). The lowest BCUT2D eigenvalue weighted by Crippen LogP contribution is -2.39. The van der Waals surface area contributed by atoms with E-state index in [1.54, 1.807) is 12.1 Å². The summed E-state index contributed by atoms with van der Waals surface area (Å²) < 4.78 is 10.6. The zero-order valence-corrected chi connectivity index (χ0v) is 13.8. The van der Waals surface area contributed by atoms with Gasteiger partial charge in [-0.2, -0.15) is 0 Å². The monoisotopic (exact) mass is 332 g/mol. The summed E-state index contributed by atoms with van der Waals surface area (Å²) >= 11 is 0. The highest BCUT2D eigenvalue weighted by molar-refractivity contribution is 5.92. The first-order valence-corrected chi connectivity index (χ1v) is 8.53. The van der Waals surface area contributed by atoms with Crippen molar-refractivity contribution in [3.8, 4) is 0 Å². The lowest BCUT2D eigenvalue weighted by atomic mass is 10.1. The number of ether oxygens (including phenoxy) is 2. The Kier molecular flexibility index (Phi) is 6.14. The highest BCUT2D eigenvalue weighted by Gasteiger charge is 2.17. The second-order valence-corrected chi connectivity index (χ2v) is 6.03. The summed E-state index contributed by atoms with van der Waals surface area (Å²) in [5.74, 6) is 0.513. The van der Waals surface area contributed by atoms with Crippen molar-refractivity contribution >= 4 is 11.7 Å². The first kappa shape index (κ1) is 16.9. The zero-order valence-electron chi connectivity index (χ0n) is 13.8. The molecule has 1 fully saturated rings. The second-order valence-electron chi connectivity index (χ2n) is 6.03. The van der Waals surface area contributed by atoms with Crippen LogP contribution < -0.4 is 10.6 Å². The van der Waals surface area contributed by atoms with Crippen LogP contribution in [0, 0.1) is 0 Å². The average molecular weight is 332 g/mol. The summed E-state index contributed by atoms with van der Waals surface area (Å²) in [6, 6.07) is 3.67. The lowest BCUT2D eigenvalue weighted by molar-refractivity contribution is 0.0693. The van der Waals surface area contributed by atoms with Gasteiger partial charge in [0.15, 0.2) is 5.69 Å². The fourth-order valence-corrected chi connectivity index (χ4v) is 2.79. The van der Waals surface area contributed by atoms with Gasteiger partial charge in [-0.1, -0.05) is 11.6 Å². The molecular weight excluding hydrogens is 308 g/mol. The number of nitrogens with zero attached hydrogens (tertiary/aromatic N) is 2. The van der Waals surface area contributed by atoms with Crippen molar-refractivity contribution in [2.24, 2.45) is 0 Å². The molecule has 3 rings (SSSR count). The quantitative estimate of drug-likeness (QED) is 0.769. The number of rotatable bonds is 6. The lowest BCUT2D eigenvalue weighted by Gasteiger charge is -2.22. The topological polar surface area (TPSA) is 85.4 Å². The normalized spacial score (nSPS) is 18.8. The largest absolute Gasteiger partial charge is 0.381 e. The first-order valence-electron chi connectivity index (χ1n) is 8.53. The van der Waals surface area contributed by atoms with Crippen molar-refractivity contribution in [3.63, 3.8) is 0 Å². The molecule has 2 aliphatic heterocycles. The van der Waals surface area contributed by atoms with Crippen molar-refractivity contribution in [1.29, 1.82) is 0 Å². The maximum absolute atomic E-state index is 12.2. The van der Waals surface area contributed by atoms with Gasteiger partial charge < -0.3 is 20.1 Å². The molecule has 0 aliphatic carbocycles. The third kappa shape index (κ3) is 5.01. The molecule has 0 radical (unpaired) electrons. The Bertz CT molecular complexity index is 568. The van der Waals surface area contributed by atoms with Crippen LogP contribution in [0.3, 0.4) is 0 Å². The predicted molar refractivity (Wildman–Crippen MR) is 90.0 cm³/mol. The Morgan fingerprint density at radius 1 is 1.17 bits per heavy atom. The summed E-state index contributed by atoms with van der Waals surface area (Å²) in [6.45, 7) is 3.72. The first-order chi connectivity index (χ1) is 11.8. The Morgan fingerprint density at radius 2 is 2.04 bits per heavy atom. The Hall–Kier alpha value is -1.99. The van der Waals surface area contributed by atoms with Crippen LogP contribution in [0.2, 0.25) is 0 Å². The van der Waals surface area contributed by atoms with Crippen LogP contribution in [-0.4, -0.2) is 55.1 Å². The van der Waals surface area contributed by atoms with Gasteiger partial charge in [0.25, 0.3) is 5.91 Å². The molecule has 0 aromatic carbocycles. The van der Waals surface area contributed by atoms with Crippen LogP contribution in [0.1, 0.15) is 36.2 Å².